The Hall–Kier alpha value is -1.63. The van der Waals surface area contributed by atoms with Crippen LogP contribution in [0, 0.1) is 34.5 Å². The lowest BCUT2D eigenvalue weighted by Gasteiger charge is -2.60. The molecule has 0 bridgehead atoms. The Morgan fingerprint density at radius 2 is 2.07 bits per heavy atom. The fourth-order valence-electron chi connectivity index (χ4n) is 7.19. The lowest BCUT2D eigenvalue weighted by Crippen LogP contribution is -2.62. The summed E-state index contributed by atoms with van der Waals surface area (Å²) in [4.78, 5) is 36.3. The molecule has 3 fully saturated rings. The first kappa shape index (κ1) is 19.7. The molecule has 1 unspecified atom stereocenters. The van der Waals surface area contributed by atoms with Crippen molar-refractivity contribution in [1.29, 1.82) is 0 Å². The predicted octanol–water partition coefficient (Wildman–Crippen LogP) is 0.983. The number of carbonyl (C=O) groups is 3. The summed E-state index contributed by atoms with van der Waals surface area (Å²) in [6.45, 7) is 3.08. The van der Waals surface area contributed by atoms with Gasteiger partial charge in [0.15, 0.2) is 11.6 Å². The molecule has 0 radical (unpaired) electrons. The molecule has 0 spiro atoms. The summed E-state index contributed by atoms with van der Waals surface area (Å²) in [5, 5.41) is 31.8. The van der Waals surface area contributed by atoms with Gasteiger partial charge in [-0.3, -0.25) is 9.59 Å². The van der Waals surface area contributed by atoms with Gasteiger partial charge in [-0.25, -0.2) is 0 Å². The third-order valence-electron chi connectivity index (χ3n) is 8.51. The zero-order chi connectivity index (χ0) is 20.5. The maximum atomic E-state index is 12.4. The number of aldehydes is 1. The quantitative estimate of drug-likeness (QED) is 0.622. The average molecular weight is 388 g/mol. The normalized spacial score (nSPS) is 49.7. The van der Waals surface area contributed by atoms with Gasteiger partial charge in [0.05, 0.1) is 6.10 Å². The number of ketones is 2. The fraction of sp³-hybridized carbons (Fsp3) is 0.682. The minimum atomic E-state index is -1.66. The van der Waals surface area contributed by atoms with E-state index in [2.05, 4.69) is 0 Å². The van der Waals surface area contributed by atoms with Gasteiger partial charge in [0.2, 0.25) is 0 Å². The van der Waals surface area contributed by atoms with Crippen molar-refractivity contribution in [2.24, 2.45) is 34.5 Å². The monoisotopic (exact) mass is 388 g/mol. The van der Waals surface area contributed by atoms with Gasteiger partial charge in [-0.1, -0.05) is 19.9 Å². The fourth-order valence-corrected chi connectivity index (χ4v) is 7.19. The van der Waals surface area contributed by atoms with Crippen LogP contribution in [0.5, 0.6) is 0 Å². The molecule has 6 nitrogen and oxygen atoms in total. The highest BCUT2D eigenvalue weighted by Gasteiger charge is 2.68. The number of fused-ring (bicyclic) bond motifs is 5. The Morgan fingerprint density at radius 1 is 1.36 bits per heavy atom. The molecule has 0 aromatic rings. The van der Waals surface area contributed by atoms with Crippen molar-refractivity contribution in [3.8, 4) is 0 Å². The maximum Gasteiger partial charge on any atom is 0.190 e. The third kappa shape index (κ3) is 2.28. The van der Waals surface area contributed by atoms with Crippen LogP contribution in [0.2, 0.25) is 0 Å². The van der Waals surface area contributed by atoms with Crippen LogP contribution in [0.15, 0.2) is 23.8 Å². The van der Waals surface area contributed by atoms with Crippen molar-refractivity contribution in [1.82, 2.24) is 0 Å². The molecule has 4 aliphatic rings. The molecule has 8 atom stereocenters. The predicted molar refractivity (Wildman–Crippen MR) is 100.0 cm³/mol. The number of rotatable bonds is 3. The molecule has 4 aliphatic carbocycles. The van der Waals surface area contributed by atoms with Gasteiger partial charge in [-0.05, 0) is 55.2 Å². The molecule has 0 heterocycles. The Bertz CT molecular complexity index is 799. The van der Waals surface area contributed by atoms with E-state index in [0.717, 1.165) is 11.9 Å². The summed E-state index contributed by atoms with van der Waals surface area (Å²) < 4.78 is 0. The SMILES string of the molecule is C[C@]12C=CC(=O)C=C1C(C=O)C[C@@H]1[C@@H]2[C@@H](O)C[C@@]2(C)[C@H]1CC[C@]2(O)C(=O)CO. The highest BCUT2D eigenvalue weighted by molar-refractivity contribution is 6.01. The zero-order valence-corrected chi connectivity index (χ0v) is 16.3. The molecule has 6 heteroatoms. The van der Waals surface area contributed by atoms with Gasteiger partial charge in [0.25, 0.3) is 0 Å². The van der Waals surface area contributed by atoms with Gasteiger partial charge in [-0.2, -0.15) is 0 Å². The van der Waals surface area contributed by atoms with Crippen molar-refractivity contribution in [3.05, 3.63) is 23.8 Å². The van der Waals surface area contributed by atoms with E-state index in [0.29, 0.717) is 12.8 Å². The molecular weight excluding hydrogens is 360 g/mol. The smallest absolute Gasteiger partial charge is 0.190 e. The van der Waals surface area contributed by atoms with Crippen LogP contribution < -0.4 is 0 Å². The minimum absolute atomic E-state index is 0.0479. The topological polar surface area (TPSA) is 112 Å². The third-order valence-corrected chi connectivity index (χ3v) is 8.51. The van der Waals surface area contributed by atoms with Gasteiger partial charge >= 0.3 is 0 Å². The second-order valence-corrected chi connectivity index (χ2v) is 9.56. The second-order valence-electron chi connectivity index (χ2n) is 9.56. The van der Waals surface area contributed by atoms with Gasteiger partial charge in [0, 0.05) is 22.7 Å². The standard InChI is InChI=1S/C22H28O6/c1-20-5-3-13(25)8-16(20)12(10-23)7-14-15-4-6-22(28,18(27)11-24)21(15,2)9-17(26)19(14)20/h3,5,8,10,12,14-15,17,19,24,26,28H,4,6-7,9,11H2,1-2H3/t12?,14-,15-,17-,19+,20-,21-,22-/m0/s1. The van der Waals surface area contributed by atoms with E-state index in [9.17, 15) is 29.7 Å². The highest BCUT2D eigenvalue weighted by atomic mass is 16.3. The zero-order valence-electron chi connectivity index (χ0n) is 16.3. The molecule has 28 heavy (non-hydrogen) atoms. The van der Waals surface area contributed by atoms with E-state index in [4.69, 9.17) is 0 Å². The summed E-state index contributed by atoms with van der Waals surface area (Å²) in [6, 6.07) is 0. The summed E-state index contributed by atoms with van der Waals surface area (Å²) in [7, 11) is 0. The molecule has 3 N–H and O–H groups in total. The van der Waals surface area contributed by atoms with Crippen molar-refractivity contribution in [2.75, 3.05) is 6.61 Å². The molecule has 4 rings (SSSR count). The maximum absolute atomic E-state index is 12.4. The van der Waals surface area contributed by atoms with Crippen LogP contribution in [0.4, 0.5) is 0 Å². The van der Waals surface area contributed by atoms with E-state index in [1.165, 1.54) is 12.2 Å². The van der Waals surface area contributed by atoms with Crippen molar-refractivity contribution >= 4 is 17.9 Å². The van der Waals surface area contributed by atoms with E-state index >= 15 is 0 Å². The lowest BCUT2D eigenvalue weighted by molar-refractivity contribution is -0.180. The number of aliphatic hydroxyl groups excluding tert-OH is 2. The molecule has 0 aliphatic heterocycles. The number of hydrogen-bond donors (Lipinski definition) is 3. The van der Waals surface area contributed by atoms with Crippen molar-refractivity contribution in [2.45, 2.75) is 51.2 Å². The summed E-state index contributed by atoms with van der Waals surface area (Å²) in [5.41, 5.74) is -2.36. The van der Waals surface area contributed by atoms with Gasteiger partial charge < -0.3 is 20.1 Å². The van der Waals surface area contributed by atoms with Crippen LogP contribution in [-0.2, 0) is 14.4 Å². The van der Waals surface area contributed by atoms with E-state index in [-0.39, 0.29) is 36.4 Å². The van der Waals surface area contributed by atoms with Gasteiger partial charge in [-0.15, -0.1) is 0 Å². The Morgan fingerprint density at radius 3 is 2.71 bits per heavy atom. The van der Waals surface area contributed by atoms with Crippen LogP contribution in [0.25, 0.3) is 0 Å². The summed E-state index contributed by atoms with van der Waals surface area (Å²) >= 11 is 0. The second kappa shape index (κ2) is 6.18. The first-order chi connectivity index (χ1) is 13.1. The Balaban J connectivity index is 1.80. The average Bonchev–Trinajstić information content (AvgIpc) is 2.92. The highest BCUT2D eigenvalue weighted by Crippen LogP contribution is 2.67. The summed E-state index contributed by atoms with van der Waals surface area (Å²) in [6.07, 6.45) is 6.56. The van der Waals surface area contributed by atoms with E-state index in [1.807, 2.05) is 19.9 Å². The van der Waals surface area contributed by atoms with Crippen molar-refractivity contribution in [3.63, 3.8) is 0 Å². The number of aliphatic hydroxyl groups is 3. The first-order valence-electron chi connectivity index (χ1n) is 10.1. The molecule has 3 saturated carbocycles. The molecule has 152 valence electrons. The van der Waals surface area contributed by atoms with Crippen LogP contribution >= 0.6 is 0 Å². The number of Topliss-reactive ketones (excluding diaryl/α,β-unsaturated/α-hetero) is 1. The van der Waals surface area contributed by atoms with E-state index < -0.39 is 40.8 Å². The lowest BCUT2D eigenvalue weighted by atomic mass is 9.44. The van der Waals surface area contributed by atoms with Gasteiger partial charge in [0.1, 0.15) is 18.5 Å². The molecule has 0 aromatic heterocycles. The number of allylic oxidation sites excluding steroid dienone is 4. The Kier molecular flexibility index (Phi) is 4.34. The van der Waals surface area contributed by atoms with E-state index in [1.54, 1.807) is 0 Å². The molecular formula is C22H28O6. The van der Waals surface area contributed by atoms with Crippen molar-refractivity contribution < 1.29 is 29.7 Å². The molecule has 0 amide bonds. The minimum Gasteiger partial charge on any atom is -0.393 e. The number of carbonyl (C=O) groups excluding carboxylic acids is 3. The Labute approximate surface area is 164 Å². The van der Waals surface area contributed by atoms with Crippen LogP contribution in [0.1, 0.15) is 39.5 Å². The summed E-state index contributed by atoms with van der Waals surface area (Å²) in [5.74, 6) is -1.46. The first-order valence-corrected chi connectivity index (χ1v) is 10.1. The molecule has 0 saturated heterocycles. The number of hydrogen-bond acceptors (Lipinski definition) is 6. The molecule has 0 aromatic carbocycles. The van der Waals surface area contributed by atoms with Crippen LogP contribution in [-0.4, -0.2) is 51.5 Å². The largest absolute Gasteiger partial charge is 0.393 e. The van der Waals surface area contributed by atoms with Crippen LogP contribution in [0.3, 0.4) is 0 Å².